The van der Waals surface area contributed by atoms with Crippen LogP contribution in [0.4, 0.5) is 0 Å². The van der Waals surface area contributed by atoms with Crippen molar-refractivity contribution in [1.82, 2.24) is 15.1 Å². The second-order valence-electron chi connectivity index (χ2n) is 3.47. The molecular formula is C12H13N3O. The average molecular weight is 215 g/mol. The molecule has 0 radical (unpaired) electrons. The number of benzene rings is 1. The summed E-state index contributed by atoms with van der Waals surface area (Å²) in [5, 5.41) is 6.79. The van der Waals surface area contributed by atoms with Crippen molar-refractivity contribution in [3.63, 3.8) is 0 Å². The number of rotatable bonds is 4. The van der Waals surface area contributed by atoms with Gasteiger partial charge in [0.1, 0.15) is 6.67 Å². The zero-order valence-electron chi connectivity index (χ0n) is 8.84. The number of hydrogen-bond donors (Lipinski definition) is 1. The molecule has 0 aliphatic rings. The minimum atomic E-state index is 0.00157. The normalized spacial score (nSPS) is 10.0. The van der Waals surface area contributed by atoms with Crippen LogP contribution in [0.15, 0.2) is 48.8 Å². The van der Waals surface area contributed by atoms with E-state index >= 15 is 0 Å². The highest BCUT2D eigenvalue weighted by Gasteiger charge is 2.01. The van der Waals surface area contributed by atoms with E-state index in [0.717, 1.165) is 5.56 Å². The third kappa shape index (κ3) is 2.95. The summed E-state index contributed by atoms with van der Waals surface area (Å²) in [6.45, 7) is 0.415. The molecule has 16 heavy (non-hydrogen) atoms. The summed E-state index contributed by atoms with van der Waals surface area (Å²) in [6.07, 6.45) is 3.90. The van der Waals surface area contributed by atoms with Crippen molar-refractivity contribution in [2.75, 3.05) is 0 Å². The number of nitrogens with one attached hydrogen (secondary N) is 1. The Kier molecular flexibility index (Phi) is 3.33. The summed E-state index contributed by atoms with van der Waals surface area (Å²) in [6, 6.07) is 11.5. The zero-order valence-corrected chi connectivity index (χ0v) is 8.84. The van der Waals surface area contributed by atoms with Gasteiger partial charge in [-0.05, 0) is 11.6 Å². The van der Waals surface area contributed by atoms with Gasteiger partial charge in [-0.15, -0.1) is 0 Å². The van der Waals surface area contributed by atoms with Gasteiger partial charge >= 0.3 is 0 Å². The summed E-state index contributed by atoms with van der Waals surface area (Å²) < 4.78 is 1.67. The molecule has 1 aromatic heterocycles. The fraction of sp³-hybridized carbons (Fsp3) is 0.167. The molecule has 1 amide bonds. The molecular weight excluding hydrogens is 202 g/mol. The van der Waals surface area contributed by atoms with Gasteiger partial charge in [0.2, 0.25) is 5.91 Å². The van der Waals surface area contributed by atoms with Crippen molar-refractivity contribution in [1.29, 1.82) is 0 Å². The van der Waals surface area contributed by atoms with Crippen molar-refractivity contribution >= 4 is 5.91 Å². The lowest BCUT2D eigenvalue weighted by Crippen LogP contribution is -2.27. The van der Waals surface area contributed by atoms with Crippen LogP contribution in [0.2, 0.25) is 0 Å². The third-order valence-corrected chi connectivity index (χ3v) is 2.20. The highest BCUT2D eigenvalue weighted by molar-refractivity contribution is 5.78. The minimum absolute atomic E-state index is 0.00157. The molecule has 2 rings (SSSR count). The lowest BCUT2D eigenvalue weighted by atomic mass is 10.1. The fourth-order valence-corrected chi connectivity index (χ4v) is 1.41. The predicted octanol–water partition coefficient (Wildman–Crippen LogP) is 1.20. The smallest absolute Gasteiger partial charge is 0.225 e. The van der Waals surface area contributed by atoms with Gasteiger partial charge in [0.15, 0.2) is 0 Å². The second-order valence-corrected chi connectivity index (χ2v) is 3.47. The van der Waals surface area contributed by atoms with Crippen LogP contribution in [0.3, 0.4) is 0 Å². The first kappa shape index (κ1) is 10.4. The van der Waals surface area contributed by atoms with Gasteiger partial charge in [0, 0.05) is 12.4 Å². The van der Waals surface area contributed by atoms with Crippen molar-refractivity contribution in [3.8, 4) is 0 Å². The van der Waals surface area contributed by atoms with E-state index in [9.17, 15) is 4.79 Å². The van der Waals surface area contributed by atoms with Crippen molar-refractivity contribution < 1.29 is 4.79 Å². The van der Waals surface area contributed by atoms with Crippen molar-refractivity contribution in [3.05, 3.63) is 54.4 Å². The molecule has 0 spiro atoms. The lowest BCUT2D eigenvalue weighted by Gasteiger charge is -2.05. The highest BCUT2D eigenvalue weighted by atomic mass is 16.1. The summed E-state index contributed by atoms with van der Waals surface area (Å²) in [7, 11) is 0. The maximum Gasteiger partial charge on any atom is 0.225 e. The van der Waals surface area contributed by atoms with E-state index in [4.69, 9.17) is 0 Å². The third-order valence-electron chi connectivity index (χ3n) is 2.20. The number of carbonyl (C=O) groups excluding carboxylic acids is 1. The number of carbonyl (C=O) groups is 1. The fourth-order valence-electron chi connectivity index (χ4n) is 1.41. The van der Waals surface area contributed by atoms with Gasteiger partial charge in [-0.1, -0.05) is 30.3 Å². The van der Waals surface area contributed by atoms with Crippen molar-refractivity contribution in [2.24, 2.45) is 0 Å². The maximum atomic E-state index is 11.6. The van der Waals surface area contributed by atoms with E-state index in [-0.39, 0.29) is 5.91 Å². The molecule has 0 fully saturated rings. The molecule has 0 saturated heterocycles. The molecule has 0 atom stereocenters. The topological polar surface area (TPSA) is 46.9 Å². The van der Waals surface area contributed by atoms with E-state index in [0.29, 0.717) is 13.1 Å². The summed E-state index contributed by atoms with van der Waals surface area (Å²) in [4.78, 5) is 11.6. The molecule has 0 aliphatic heterocycles. The molecule has 4 nitrogen and oxygen atoms in total. The van der Waals surface area contributed by atoms with Crippen LogP contribution in [0.25, 0.3) is 0 Å². The van der Waals surface area contributed by atoms with E-state index in [1.807, 2.05) is 42.6 Å². The van der Waals surface area contributed by atoms with Gasteiger partial charge < -0.3 is 5.32 Å². The summed E-state index contributed by atoms with van der Waals surface area (Å²) in [5.41, 5.74) is 1.01. The van der Waals surface area contributed by atoms with Crippen LogP contribution in [0, 0.1) is 0 Å². The van der Waals surface area contributed by atoms with Gasteiger partial charge in [-0.3, -0.25) is 9.48 Å². The van der Waals surface area contributed by atoms with Crippen LogP contribution in [0.1, 0.15) is 5.56 Å². The zero-order chi connectivity index (χ0) is 11.2. The first-order valence-electron chi connectivity index (χ1n) is 5.12. The number of aromatic nitrogens is 2. The van der Waals surface area contributed by atoms with Gasteiger partial charge in [-0.25, -0.2) is 0 Å². The van der Waals surface area contributed by atoms with E-state index in [1.165, 1.54) is 0 Å². The summed E-state index contributed by atoms with van der Waals surface area (Å²) in [5.74, 6) is 0.00157. The van der Waals surface area contributed by atoms with Crippen LogP contribution in [-0.2, 0) is 17.9 Å². The first-order chi connectivity index (χ1) is 7.84. The SMILES string of the molecule is O=C(Cc1ccccc1)NCn1cccn1. The molecule has 1 N–H and O–H groups in total. The van der Waals surface area contributed by atoms with Crippen molar-refractivity contribution in [2.45, 2.75) is 13.1 Å². The maximum absolute atomic E-state index is 11.6. The Morgan fingerprint density at radius 1 is 1.25 bits per heavy atom. The van der Waals surface area contributed by atoms with Crippen LogP contribution < -0.4 is 5.32 Å². The Morgan fingerprint density at radius 2 is 2.06 bits per heavy atom. The van der Waals surface area contributed by atoms with Gasteiger partial charge in [0.25, 0.3) is 0 Å². The Labute approximate surface area is 93.9 Å². The minimum Gasteiger partial charge on any atom is -0.337 e. The standard InChI is InChI=1S/C12H13N3O/c16-12(9-11-5-2-1-3-6-11)13-10-15-8-4-7-14-15/h1-8H,9-10H2,(H,13,16). The molecule has 0 aliphatic carbocycles. The molecule has 1 heterocycles. The number of hydrogen-bond acceptors (Lipinski definition) is 2. The highest BCUT2D eigenvalue weighted by Crippen LogP contribution is 1.98. The predicted molar refractivity (Wildman–Crippen MR) is 60.5 cm³/mol. The van der Waals surface area contributed by atoms with Gasteiger partial charge in [0.05, 0.1) is 6.42 Å². The molecule has 82 valence electrons. The molecule has 2 aromatic rings. The Morgan fingerprint density at radius 3 is 2.75 bits per heavy atom. The number of amides is 1. The average Bonchev–Trinajstić information content (AvgIpc) is 2.81. The monoisotopic (exact) mass is 215 g/mol. The van der Waals surface area contributed by atoms with E-state index in [2.05, 4.69) is 10.4 Å². The molecule has 4 heteroatoms. The molecule has 1 aromatic carbocycles. The Hall–Kier alpha value is -2.10. The lowest BCUT2D eigenvalue weighted by molar-refractivity contribution is -0.121. The Bertz CT molecular complexity index is 437. The quantitative estimate of drug-likeness (QED) is 0.833. The number of nitrogens with zero attached hydrogens (tertiary/aromatic N) is 2. The van der Waals surface area contributed by atoms with E-state index < -0.39 is 0 Å². The molecule has 0 saturated carbocycles. The Balaban J connectivity index is 1.81. The van der Waals surface area contributed by atoms with Gasteiger partial charge in [-0.2, -0.15) is 5.10 Å². The summed E-state index contributed by atoms with van der Waals surface area (Å²) >= 11 is 0. The first-order valence-corrected chi connectivity index (χ1v) is 5.12. The molecule has 0 bridgehead atoms. The molecule has 0 unspecified atom stereocenters. The second kappa shape index (κ2) is 5.11. The van der Waals surface area contributed by atoms with Crippen LogP contribution >= 0.6 is 0 Å². The van der Waals surface area contributed by atoms with Crippen LogP contribution in [-0.4, -0.2) is 15.7 Å². The van der Waals surface area contributed by atoms with Crippen LogP contribution in [0.5, 0.6) is 0 Å². The largest absolute Gasteiger partial charge is 0.337 e. The van der Waals surface area contributed by atoms with E-state index in [1.54, 1.807) is 10.9 Å².